The zero-order valence-electron chi connectivity index (χ0n) is 16.2. The van der Waals surface area contributed by atoms with Crippen LogP contribution in [0.25, 0.3) is 0 Å². The van der Waals surface area contributed by atoms with E-state index in [9.17, 15) is 4.79 Å². The topological polar surface area (TPSA) is 75.1 Å². The highest BCUT2D eigenvalue weighted by Gasteiger charge is 2.12. The predicted octanol–water partition coefficient (Wildman–Crippen LogP) is 2.97. The largest absolute Gasteiger partial charge is 0.334 e. The van der Waals surface area contributed by atoms with E-state index in [1.54, 1.807) is 10.9 Å². The van der Waals surface area contributed by atoms with Gasteiger partial charge in [-0.05, 0) is 25.1 Å². The number of carbonyl (C=O) groups excluding carboxylic acids is 1. The van der Waals surface area contributed by atoms with Crippen molar-refractivity contribution in [3.05, 3.63) is 78.0 Å². The second-order valence-electron chi connectivity index (χ2n) is 6.97. The number of carbonyl (C=O) groups is 1. The quantitative estimate of drug-likeness (QED) is 0.632. The lowest BCUT2D eigenvalue weighted by Gasteiger charge is -2.22. The molecule has 7 heteroatoms. The molecule has 0 aliphatic carbocycles. The second-order valence-corrected chi connectivity index (χ2v) is 6.97. The molecule has 1 heterocycles. The van der Waals surface area contributed by atoms with Gasteiger partial charge in [-0.3, -0.25) is 5.32 Å². The Labute approximate surface area is 165 Å². The van der Waals surface area contributed by atoms with E-state index in [4.69, 9.17) is 0 Å². The monoisotopic (exact) mass is 378 g/mol. The number of hydrogen-bond donors (Lipinski definition) is 2. The van der Waals surface area contributed by atoms with Crippen LogP contribution in [-0.4, -0.2) is 45.6 Å². The van der Waals surface area contributed by atoms with Gasteiger partial charge in [0, 0.05) is 19.1 Å². The summed E-state index contributed by atoms with van der Waals surface area (Å²) < 4.78 is 1.70. The molecule has 0 saturated heterocycles. The van der Waals surface area contributed by atoms with E-state index in [0.29, 0.717) is 12.4 Å². The third-order valence-electron chi connectivity index (χ3n) is 4.23. The standard InChI is InChI=1S/C21H26N6O/c1-17(13-26(2)14-18-9-5-3-6-10-18)22-21(28)23-20-16-27(25-24-20)15-19-11-7-4-8-12-19/h3-12,16-17H,13-15H2,1-2H3,(H2,22,23,28)/t17-/m1/s1. The number of benzene rings is 2. The van der Waals surface area contributed by atoms with Gasteiger partial charge in [0.15, 0.2) is 5.82 Å². The summed E-state index contributed by atoms with van der Waals surface area (Å²) in [5.41, 5.74) is 2.37. The molecule has 0 unspecified atom stereocenters. The Bertz CT molecular complexity index is 865. The van der Waals surface area contributed by atoms with Crippen LogP contribution in [0, 0.1) is 0 Å². The molecule has 3 rings (SSSR count). The van der Waals surface area contributed by atoms with Crippen molar-refractivity contribution in [1.29, 1.82) is 0 Å². The molecular weight excluding hydrogens is 352 g/mol. The summed E-state index contributed by atoms with van der Waals surface area (Å²) in [4.78, 5) is 14.4. The van der Waals surface area contributed by atoms with Crippen LogP contribution in [0.3, 0.4) is 0 Å². The molecule has 0 radical (unpaired) electrons. The average molecular weight is 378 g/mol. The summed E-state index contributed by atoms with van der Waals surface area (Å²) in [5.74, 6) is 0.429. The van der Waals surface area contributed by atoms with Crippen LogP contribution in [-0.2, 0) is 13.1 Å². The Hall–Kier alpha value is -3.19. The van der Waals surface area contributed by atoms with Gasteiger partial charge in [-0.25, -0.2) is 9.48 Å². The van der Waals surface area contributed by atoms with Gasteiger partial charge in [0.2, 0.25) is 0 Å². The fraction of sp³-hybridized carbons (Fsp3) is 0.286. The molecule has 2 N–H and O–H groups in total. The fourth-order valence-corrected chi connectivity index (χ4v) is 3.05. The average Bonchev–Trinajstić information content (AvgIpc) is 3.09. The SMILES string of the molecule is C[C@H](CN(C)Cc1ccccc1)NC(=O)Nc1cn(Cc2ccccc2)nn1. The van der Waals surface area contributed by atoms with Crippen LogP contribution >= 0.6 is 0 Å². The Kier molecular flexibility index (Phi) is 6.75. The minimum Gasteiger partial charge on any atom is -0.334 e. The van der Waals surface area contributed by atoms with Crippen LogP contribution in [0.5, 0.6) is 0 Å². The van der Waals surface area contributed by atoms with Gasteiger partial charge in [-0.1, -0.05) is 65.9 Å². The molecule has 2 amide bonds. The summed E-state index contributed by atoms with van der Waals surface area (Å²) in [6.07, 6.45) is 1.72. The number of likely N-dealkylation sites (N-methyl/N-ethyl adjacent to an activating group) is 1. The van der Waals surface area contributed by atoms with E-state index >= 15 is 0 Å². The van der Waals surface area contributed by atoms with Gasteiger partial charge in [0.25, 0.3) is 0 Å². The van der Waals surface area contributed by atoms with Gasteiger partial charge in [-0.2, -0.15) is 0 Å². The van der Waals surface area contributed by atoms with Crippen molar-refractivity contribution < 1.29 is 4.79 Å². The van der Waals surface area contributed by atoms with Gasteiger partial charge in [0.1, 0.15) is 0 Å². The third-order valence-corrected chi connectivity index (χ3v) is 4.23. The molecule has 0 spiro atoms. The Morgan fingerprint density at radius 3 is 2.39 bits per heavy atom. The number of rotatable bonds is 8. The minimum absolute atomic E-state index is 0.00641. The molecule has 28 heavy (non-hydrogen) atoms. The predicted molar refractivity (Wildman–Crippen MR) is 110 cm³/mol. The lowest BCUT2D eigenvalue weighted by molar-refractivity contribution is 0.241. The highest BCUT2D eigenvalue weighted by Crippen LogP contribution is 2.06. The number of nitrogens with one attached hydrogen (secondary N) is 2. The Morgan fingerprint density at radius 2 is 1.71 bits per heavy atom. The summed E-state index contributed by atoms with van der Waals surface area (Å²) in [6, 6.07) is 20.0. The lowest BCUT2D eigenvalue weighted by Crippen LogP contribution is -2.42. The van der Waals surface area contributed by atoms with Crippen LogP contribution in [0.15, 0.2) is 66.9 Å². The maximum absolute atomic E-state index is 12.2. The van der Waals surface area contributed by atoms with Crippen molar-refractivity contribution in [2.45, 2.75) is 26.1 Å². The second kappa shape index (κ2) is 9.66. The van der Waals surface area contributed by atoms with Crippen molar-refractivity contribution in [3.8, 4) is 0 Å². The van der Waals surface area contributed by atoms with Crippen molar-refractivity contribution in [2.24, 2.45) is 0 Å². The first kappa shape index (κ1) is 19.6. The zero-order valence-corrected chi connectivity index (χ0v) is 16.2. The van der Waals surface area contributed by atoms with Gasteiger partial charge in [0.05, 0.1) is 12.7 Å². The summed E-state index contributed by atoms with van der Waals surface area (Å²) in [6.45, 7) is 4.16. The smallest absolute Gasteiger partial charge is 0.320 e. The van der Waals surface area contributed by atoms with Crippen LogP contribution in [0.1, 0.15) is 18.1 Å². The molecule has 3 aromatic rings. The lowest BCUT2D eigenvalue weighted by atomic mass is 10.2. The molecular formula is C21H26N6O. The first-order chi connectivity index (χ1) is 13.6. The third kappa shape index (κ3) is 6.21. The molecule has 1 atom stereocenters. The van der Waals surface area contributed by atoms with Crippen molar-refractivity contribution in [2.75, 3.05) is 18.9 Å². The van der Waals surface area contributed by atoms with Crippen LogP contribution in [0.2, 0.25) is 0 Å². The summed E-state index contributed by atoms with van der Waals surface area (Å²) in [5, 5.41) is 13.7. The first-order valence-corrected chi connectivity index (χ1v) is 9.32. The van der Waals surface area contributed by atoms with Crippen molar-refractivity contribution in [1.82, 2.24) is 25.2 Å². The molecule has 0 aliphatic rings. The molecule has 2 aromatic carbocycles. The fourth-order valence-electron chi connectivity index (χ4n) is 3.05. The van der Waals surface area contributed by atoms with Crippen molar-refractivity contribution in [3.63, 3.8) is 0 Å². The normalized spacial score (nSPS) is 12.0. The summed E-state index contributed by atoms with van der Waals surface area (Å²) in [7, 11) is 2.04. The Morgan fingerprint density at radius 1 is 1.07 bits per heavy atom. The molecule has 1 aromatic heterocycles. The van der Waals surface area contributed by atoms with Crippen LogP contribution < -0.4 is 10.6 Å². The highest BCUT2D eigenvalue weighted by molar-refractivity contribution is 5.88. The van der Waals surface area contributed by atoms with E-state index in [-0.39, 0.29) is 12.1 Å². The molecule has 0 fully saturated rings. The number of amides is 2. The van der Waals surface area contributed by atoms with Crippen molar-refractivity contribution >= 4 is 11.8 Å². The summed E-state index contributed by atoms with van der Waals surface area (Å²) >= 11 is 0. The van der Waals surface area contributed by atoms with Gasteiger partial charge in [-0.15, -0.1) is 5.10 Å². The number of aromatic nitrogens is 3. The van der Waals surface area contributed by atoms with Gasteiger partial charge >= 0.3 is 6.03 Å². The first-order valence-electron chi connectivity index (χ1n) is 9.32. The molecule has 0 bridgehead atoms. The number of nitrogens with zero attached hydrogens (tertiary/aromatic N) is 4. The van der Waals surface area contributed by atoms with E-state index in [1.165, 1.54) is 5.56 Å². The Balaban J connectivity index is 1.43. The minimum atomic E-state index is -0.285. The molecule has 7 nitrogen and oxygen atoms in total. The van der Waals surface area contributed by atoms with E-state index in [1.807, 2.05) is 62.5 Å². The number of anilines is 1. The van der Waals surface area contributed by atoms with E-state index in [2.05, 4.69) is 38.0 Å². The van der Waals surface area contributed by atoms with Crippen LogP contribution in [0.4, 0.5) is 10.6 Å². The molecule has 0 saturated carbocycles. The maximum Gasteiger partial charge on any atom is 0.320 e. The number of hydrogen-bond acceptors (Lipinski definition) is 4. The molecule has 146 valence electrons. The number of urea groups is 1. The van der Waals surface area contributed by atoms with Gasteiger partial charge < -0.3 is 10.2 Å². The van der Waals surface area contributed by atoms with E-state index in [0.717, 1.165) is 18.7 Å². The maximum atomic E-state index is 12.2. The highest BCUT2D eigenvalue weighted by atomic mass is 16.2. The zero-order chi connectivity index (χ0) is 19.8. The molecule has 0 aliphatic heterocycles. The van der Waals surface area contributed by atoms with E-state index < -0.39 is 0 Å².